The molecule has 1 fully saturated rings. The molecular weight excluding hydrogens is 370 g/mol. The van der Waals surface area contributed by atoms with Gasteiger partial charge in [-0.3, -0.25) is 14.6 Å². The van der Waals surface area contributed by atoms with Gasteiger partial charge in [-0.2, -0.15) is 0 Å². The third kappa shape index (κ3) is 3.68. The topological polar surface area (TPSA) is 62.3 Å². The highest BCUT2D eigenvalue weighted by Crippen LogP contribution is 2.43. The molecule has 2 atom stereocenters. The molecule has 2 amide bonds. The van der Waals surface area contributed by atoms with E-state index in [1.54, 1.807) is 28.6 Å². The lowest BCUT2D eigenvalue weighted by atomic mass is 9.97. The van der Waals surface area contributed by atoms with E-state index < -0.39 is 5.92 Å². The molecule has 1 N–H and O–H groups in total. The van der Waals surface area contributed by atoms with Crippen molar-refractivity contribution < 1.29 is 9.59 Å². The van der Waals surface area contributed by atoms with Crippen LogP contribution >= 0.6 is 11.3 Å². The number of hydrogen-bond donors (Lipinski definition) is 1. The quantitative estimate of drug-likeness (QED) is 0.718. The number of benzene rings is 1. The molecule has 142 valence electrons. The van der Waals surface area contributed by atoms with Gasteiger partial charge in [0.25, 0.3) is 0 Å². The van der Waals surface area contributed by atoms with Crippen LogP contribution < -0.4 is 10.2 Å². The summed E-state index contributed by atoms with van der Waals surface area (Å²) in [5, 5.41) is 4.96. The molecular formula is C22H21N3O2S. The number of rotatable bonds is 5. The molecule has 0 radical (unpaired) electrons. The number of thiophene rings is 1. The average molecular weight is 391 g/mol. The van der Waals surface area contributed by atoms with E-state index in [4.69, 9.17) is 0 Å². The Morgan fingerprint density at radius 2 is 2.04 bits per heavy atom. The van der Waals surface area contributed by atoms with Crippen LogP contribution in [0, 0.1) is 12.8 Å². The summed E-state index contributed by atoms with van der Waals surface area (Å²) in [7, 11) is 0. The minimum Gasteiger partial charge on any atom is -0.352 e. The van der Waals surface area contributed by atoms with Gasteiger partial charge in [0.2, 0.25) is 11.8 Å². The monoisotopic (exact) mass is 391 g/mol. The van der Waals surface area contributed by atoms with Gasteiger partial charge in [0.1, 0.15) is 0 Å². The second kappa shape index (κ2) is 7.94. The number of anilines is 1. The Morgan fingerprint density at radius 1 is 1.21 bits per heavy atom. The van der Waals surface area contributed by atoms with Crippen LogP contribution in [0.3, 0.4) is 0 Å². The zero-order valence-electron chi connectivity index (χ0n) is 15.5. The van der Waals surface area contributed by atoms with Gasteiger partial charge in [0.05, 0.1) is 12.0 Å². The van der Waals surface area contributed by atoms with Gasteiger partial charge < -0.3 is 10.2 Å². The summed E-state index contributed by atoms with van der Waals surface area (Å²) in [6.45, 7) is 2.42. The summed E-state index contributed by atoms with van der Waals surface area (Å²) < 4.78 is 0. The van der Waals surface area contributed by atoms with E-state index in [9.17, 15) is 9.59 Å². The predicted octanol–water partition coefficient (Wildman–Crippen LogP) is 3.86. The lowest BCUT2D eigenvalue weighted by molar-refractivity contribution is -0.126. The van der Waals surface area contributed by atoms with Crippen molar-refractivity contribution in [3.05, 3.63) is 82.3 Å². The molecule has 2 unspecified atom stereocenters. The number of carbonyl (C=O) groups is 2. The van der Waals surface area contributed by atoms with Crippen LogP contribution in [0.25, 0.3) is 0 Å². The van der Waals surface area contributed by atoms with E-state index in [1.807, 2.05) is 60.8 Å². The van der Waals surface area contributed by atoms with E-state index in [0.29, 0.717) is 6.54 Å². The summed E-state index contributed by atoms with van der Waals surface area (Å²) in [5.41, 5.74) is 2.90. The minimum absolute atomic E-state index is 0.0243. The Morgan fingerprint density at radius 3 is 2.71 bits per heavy atom. The lowest BCUT2D eigenvalue weighted by Gasteiger charge is -2.27. The number of pyridine rings is 1. The van der Waals surface area contributed by atoms with Gasteiger partial charge in [-0.1, -0.05) is 29.8 Å². The number of nitrogens with zero attached hydrogens (tertiary/aromatic N) is 2. The molecule has 28 heavy (non-hydrogen) atoms. The molecule has 1 aliphatic rings. The van der Waals surface area contributed by atoms with Gasteiger partial charge in [0.15, 0.2) is 0 Å². The summed E-state index contributed by atoms with van der Waals surface area (Å²) in [5.74, 6) is -0.557. The zero-order chi connectivity index (χ0) is 19.5. The lowest BCUT2D eigenvalue weighted by Crippen LogP contribution is -2.35. The number of aryl methyl sites for hydroxylation is 1. The normalized spacial score (nSPS) is 19.0. The summed E-state index contributed by atoms with van der Waals surface area (Å²) in [6.07, 6.45) is 3.64. The maximum absolute atomic E-state index is 13.0. The SMILES string of the molecule is Cc1ccc(N2C(=O)CC(C(=O)NCc3cccnc3)C2c2cccs2)cc1. The number of aromatic nitrogens is 1. The first kappa shape index (κ1) is 18.4. The fourth-order valence-corrected chi connectivity index (χ4v) is 4.47. The van der Waals surface area contributed by atoms with Gasteiger partial charge >= 0.3 is 0 Å². The van der Waals surface area contributed by atoms with Gasteiger partial charge in [-0.15, -0.1) is 11.3 Å². The van der Waals surface area contributed by atoms with E-state index in [1.165, 1.54) is 0 Å². The maximum atomic E-state index is 13.0. The summed E-state index contributed by atoms with van der Waals surface area (Å²) in [4.78, 5) is 32.8. The van der Waals surface area contributed by atoms with E-state index in [0.717, 1.165) is 21.7 Å². The Bertz CT molecular complexity index is 955. The van der Waals surface area contributed by atoms with Crippen molar-refractivity contribution in [1.29, 1.82) is 0 Å². The molecule has 5 nitrogen and oxygen atoms in total. The largest absolute Gasteiger partial charge is 0.352 e. The van der Waals surface area contributed by atoms with Crippen LogP contribution in [0.1, 0.15) is 28.5 Å². The highest BCUT2D eigenvalue weighted by molar-refractivity contribution is 7.10. The highest BCUT2D eigenvalue weighted by Gasteiger charge is 2.45. The minimum atomic E-state index is -0.427. The van der Waals surface area contributed by atoms with E-state index in [-0.39, 0.29) is 24.3 Å². The van der Waals surface area contributed by atoms with Crippen molar-refractivity contribution >= 4 is 28.8 Å². The molecule has 2 aromatic heterocycles. The molecule has 1 aliphatic heterocycles. The first-order chi connectivity index (χ1) is 13.6. The van der Waals surface area contributed by atoms with Gasteiger partial charge in [-0.05, 0) is 42.1 Å². The number of carbonyl (C=O) groups excluding carboxylic acids is 2. The predicted molar refractivity (Wildman–Crippen MR) is 110 cm³/mol. The van der Waals surface area contributed by atoms with Crippen molar-refractivity contribution in [1.82, 2.24) is 10.3 Å². The van der Waals surface area contributed by atoms with Crippen molar-refractivity contribution in [3.8, 4) is 0 Å². The standard InChI is InChI=1S/C22H21N3O2S/c1-15-6-8-17(9-7-15)25-20(26)12-18(21(25)19-5-3-11-28-19)22(27)24-14-16-4-2-10-23-13-16/h2-11,13,18,21H,12,14H2,1H3,(H,24,27). The molecule has 6 heteroatoms. The second-order valence-corrected chi connectivity index (χ2v) is 7.93. The molecule has 1 saturated heterocycles. The van der Waals surface area contributed by atoms with Crippen LogP contribution in [-0.2, 0) is 16.1 Å². The molecule has 3 heterocycles. The second-order valence-electron chi connectivity index (χ2n) is 6.95. The third-order valence-corrected chi connectivity index (χ3v) is 5.94. The van der Waals surface area contributed by atoms with Crippen molar-refractivity contribution in [3.63, 3.8) is 0 Å². The van der Waals surface area contributed by atoms with Crippen LogP contribution in [0.4, 0.5) is 5.69 Å². The van der Waals surface area contributed by atoms with Crippen LogP contribution in [0.2, 0.25) is 0 Å². The fraction of sp³-hybridized carbons (Fsp3) is 0.227. The number of amides is 2. The maximum Gasteiger partial charge on any atom is 0.228 e. The van der Waals surface area contributed by atoms with Gasteiger partial charge in [0, 0.05) is 35.9 Å². The van der Waals surface area contributed by atoms with E-state index >= 15 is 0 Å². The van der Waals surface area contributed by atoms with Gasteiger partial charge in [-0.25, -0.2) is 0 Å². The Labute approximate surface area is 168 Å². The molecule has 0 bridgehead atoms. The summed E-state index contributed by atoms with van der Waals surface area (Å²) in [6, 6.07) is 15.3. The molecule has 0 spiro atoms. The van der Waals surface area contributed by atoms with Crippen LogP contribution in [0.5, 0.6) is 0 Å². The Balaban J connectivity index is 1.60. The van der Waals surface area contributed by atoms with Crippen LogP contribution in [0.15, 0.2) is 66.3 Å². The average Bonchev–Trinajstić information content (AvgIpc) is 3.35. The molecule has 0 saturated carbocycles. The first-order valence-corrected chi connectivity index (χ1v) is 10.1. The Hall–Kier alpha value is -2.99. The van der Waals surface area contributed by atoms with Crippen molar-refractivity contribution in [2.24, 2.45) is 5.92 Å². The number of nitrogens with one attached hydrogen (secondary N) is 1. The fourth-order valence-electron chi connectivity index (χ4n) is 3.59. The van der Waals surface area contributed by atoms with Crippen LogP contribution in [-0.4, -0.2) is 16.8 Å². The van der Waals surface area contributed by atoms with Crippen molar-refractivity contribution in [2.75, 3.05) is 4.90 Å². The Kier molecular flexibility index (Phi) is 5.21. The first-order valence-electron chi connectivity index (χ1n) is 9.22. The molecule has 0 aliphatic carbocycles. The summed E-state index contributed by atoms with van der Waals surface area (Å²) >= 11 is 1.58. The van der Waals surface area contributed by atoms with Crippen molar-refractivity contribution in [2.45, 2.75) is 25.9 Å². The number of hydrogen-bond acceptors (Lipinski definition) is 4. The zero-order valence-corrected chi connectivity index (χ0v) is 16.4. The smallest absolute Gasteiger partial charge is 0.228 e. The molecule has 4 rings (SSSR count). The molecule has 1 aromatic carbocycles. The third-order valence-electron chi connectivity index (χ3n) is 5.00. The highest BCUT2D eigenvalue weighted by atomic mass is 32.1. The molecule has 3 aromatic rings. The van der Waals surface area contributed by atoms with E-state index in [2.05, 4.69) is 10.3 Å².